The molecule has 6 nitrogen and oxygen atoms in total. The molecule has 1 aromatic heterocycles. The Labute approximate surface area is 185 Å². The van der Waals surface area contributed by atoms with E-state index in [0.717, 1.165) is 34.9 Å². The number of amides is 1. The monoisotopic (exact) mass is 424 g/mol. The molecule has 0 radical (unpaired) electrons. The normalized spacial score (nSPS) is 26.5. The maximum Gasteiger partial charge on any atom is 0.494 e. The third-order valence-electron chi connectivity index (χ3n) is 6.99. The smallest absolute Gasteiger partial charge is 0.465 e. The minimum Gasteiger partial charge on any atom is -0.465 e. The van der Waals surface area contributed by atoms with E-state index in [0.29, 0.717) is 6.54 Å². The average Bonchev–Trinajstić information content (AvgIpc) is 2.98. The van der Waals surface area contributed by atoms with Crippen LogP contribution in [0.5, 0.6) is 0 Å². The zero-order chi connectivity index (χ0) is 22.6. The van der Waals surface area contributed by atoms with Crippen LogP contribution in [-0.2, 0) is 9.31 Å². The van der Waals surface area contributed by atoms with E-state index in [9.17, 15) is 9.90 Å². The van der Waals surface area contributed by atoms with Gasteiger partial charge in [-0.25, -0.2) is 4.79 Å². The maximum absolute atomic E-state index is 11.7. The molecule has 3 heterocycles. The number of carbonyl (C=O) groups is 1. The molecule has 1 aromatic carbocycles. The quantitative estimate of drug-likeness (QED) is 0.723. The summed E-state index contributed by atoms with van der Waals surface area (Å²) in [6, 6.07) is 10.3. The van der Waals surface area contributed by atoms with Crippen LogP contribution in [0, 0.1) is 5.41 Å². The van der Waals surface area contributed by atoms with Gasteiger partial charge in [-0.05, 0) is 56.6 Å². The molecule has 2 aliphatic rings. The van der Waals surface area contributed by atoms with Crippen LogP contribution in [0.2, 0.25) is 0 Å². The lowest BCUT2D eigenvalue weighted by Gasteiger charge is -2.44. The summed E-state index contributed by atoms with van der Waals surface area (Å²) >= 11 is 0. The van der Waals surface area contributed by atoms with Crippen LogP contribution in [0.15, 0.2) is 30.3 Å². The number of benzene rings is 1. The van der Waals surface area contributed by atoms with Crippen molar-refractivity contribution in [2.24, 2.45) is 5.41 Å². The molecular formula is C24H33BN2O4. The number of hydrogen-bond acceptors (Lipinski definition) is 4. The first kappa shape index (κ1) is 22.1. The predicted molar refractivity (Wildman–Crippen MR) is 123 cm³/mol. The van der Waals surface area contributed by atoms with Crippen LogP contribution in [0.25, 0.3) is 10.9 Å². The molecule has 4 rings (SSSR count). The van der Waals surface area contributed by atoms with Crippen molar-refractivity contribution in [2.45, 2.75) is 78.0 Å². The lowest BCUT2D eigenvalue weighted by atomic mass is 9.76. The van der Waals surface area contributed by atoms with Gasteiger partial charge in [0.2, 0.25) is 0 Å². The fourth-order valence-electron chi connectivity index (χ4n) is 4.70. The lowest BCUT2D eigenvalue weighted by Crippen LogP contribution is -2.51. The summed E-state index contributed by atoms with van der Waals surface area (Å²) in [4.78, 5) is 18.3. The van der Waals surface area contributed by atoms with Gasteiger partial charge in [-0.1, -0.05) is 39.0 Å². The summed E-state index contributed by atoms with van der Waals surface area (Å²) in [5.74, 6) is 0.241. The van der Waals surface area contributed by atoms with Crippen LogP contribution < -0.4 is 5.46 Å². The van der Waals surface area contributed by atoms with Gasteiger partial charge in [0.1, 0.15) is 0 Å². The molecule has 7 heteroatoms. The molecule has 2 aromatic rings. The summed E-state index contributed by atoms with van der Waals surface area (Å²) in [6.07, 6.45) is 0.760. The van der Waals surface area contributed by atoms with E-state index in [1.165, 1.54) is 0 Å². The number of likely N-dealkylation sites (tertiary alicyclic amines) is 1. The van der Waals surface area contributed by atoms with Crippen LogP contribution in [0.1, 0.15) is 66.0 Å². The van der Waals surface area contributed by atoms with Gasteiger partial charge < -0.3 is 19.3 Å². The van der Waals surface area contributed by atoms with Crippen molar-refractivity contribution >= 4 is 29.6 Å². The number of nitrogens with zero attached hydrogens (tertiary/aromatic N) is 2. The number of aromatic nitrogens is 1. The van der Waals surface area contributed by atoms with Crippen LogP contribution in [-0.4, -0.2) is 52.5 Å². The number of carboxylic acid groups (broad SMARTS) is 1. The molecule has 0 aliphatic carbocycles. The van der Waals surface area contributed by atoms with Gasteiger partial charge in [0, 0.05) is 29.6 Å². The molecule has 1 N–H and O–H groups in total. The van der Waals surface area contributed by atoms with Crippen molar-refractivity contribution in [3.05, 3.63) is 36.0 Å². The standard InChI is InChI=1S/C24H33BN2O4/c1-15-24(5,6)31-25(30-15)18-9-7-16-8-10-19(26-20(16)14-18)17-11-12-27(22(28)29)21(13-17)23(2,3)4/h7-10,14-15,17,21H,11-13H2,1-6H3,(H,28,29). The zero-order valence-electron chi connectivity index (χ0n) is 19.4. The van der Waals surface area contributed by atoms with Gasteiger partial charge in [0.15, 0.2) is 0 Å². The first-order chi connectivity index (χ1) is 14.5. The Morgan fingerprint density at radius 2 is 1.97 bits per heavy atom. The number of fused-ring (bicyclic) bond motifs is 1. The Balaban J connectivity index is 1.61. The second kappa shape index (κ2) is 7.78. The third kappa shape index (κ3) is 4.30. The zero-order valence-corrected chi connectivity index (χ0v) is 19.4. The van der Waals surface area contributed by atoms with Crippen molar-refractivity contribution in [1.82, 2.24) is 9.88 Å². The van der Waals surface area contributed by atoms with Gasteiger partial charge in [0.05, 0.1) is 17.2 Å². The number of rotatable bonds is 2. The van der Waals surface area contributed by atoms with E-state index in [1.807, 2.05) is 26.8 Å². The Morgan fingerprint density at radius 3 is 2.58 bits per heavy atom. The van der Waals surface area contributed by atoms with Crippen LogP contribution in [0.3, 0.4) is 0 Å². The highest BCUT2D eigenvalue weighted by Crippen LogP contribution is 2.39. The summed E-state index contributed by atoms with van der Waals surface area (Å²) in [5, 5.41) is 10.7. The fourth-order valence-corrected chi connectivity index (χ4v) is 4.70. The molecule has 31 heavy (non-hydrogen) atoms. The molecule has 3 unspecified atom stereocenters. The van der Waals surface area contributed by atoms with Gasteiger partial charge in [-0.15, -0.1) is 0 Å². The summed E-state index contributed by atoms with van der Waals surface area (Å²) in [6.45, 7) is 13.0. The summed E-state index contributed by atoms with van der Waals surface area (Å²) in [5.41, 5.74) is 2.48. The van der Waals surface area contributed by atoms with E-state index >= 15 is 0 Å². The highest BCUT2D eigenvalue weighted by molar-refractivity contribution is 6.62. The minimum absolute atomic E-state index is 0.0150. The SMILES string of the molecule is CC1OB(c2ccc3ccc(C4CCN(C(=O)O)C(C(C)(C)C)C4)nc3c2)OC1(C)C. The molecule has 2 aliphatic heterocycles. The molecule has 0 bridgehead atoms. The number of pyridine rings is 1. The molecule has 1 amide bonds. The fraction of sp³-hybridized carbons (Fsp3) is 0.583. The second-order valence-corrected chi connectivity index (χ2v) is 10.6. The largest absolute Gasteiger partial charge is 0.494 e. The van der Waals surface area contributed by atoms with E-state index in [-0.39, 0.29) is 36.2 Å². The minimum atomic E-state index is -0.830. The van der Waals surface area contributed by atoms with Gasteiger partial charge in [-0.2, -0.15) is 0 Å². The molecule has 2 saturated heterocycles. The first-order valence-corrected chi connectivity index (χ1v) is 11.2. The molecule has 0 spiro atoms. The number of hydrogen-bond donors (Lipinski definition) is 1. The van der Waals surface area contributed by atoms with Gasteiger partial charge in [0.25, 0.3) is 0 Å². The highest BCUT2D eigenvalue weighted by Gasteiger charge is 2.44. The van der Waals surface area contributed by atoms with Crippen molar-refractivity contribution in [3.63, 3.8) is 0 Å². The Bertz CT molecular complexity index is 987. The number of piperidine rings is 1. The third-order valence-corrected chi connectivity index (χ3v) is 6.99. The van der Waals surface area contributed by atoms with Crippen LogP contribution >= 0.6 is 0 Å². The Hall–Kier alpha value is -2.12. The van der Waals surface area contributed by atoms with E-state index in [1.54, 1.807) is 4.90 Å². The summed E-state index contributed by atoms with van der Waals surface area (Å²) in [7, 11) is -0.385. The first-order valence-electron chi connectivity index (χ1n) is 11.2. The molecular weight excluding hydrogens is 391 g/mol. The summed E-state index contributed by atoms with van der Waals surface area (Å²) < 4.78 is 12.1. The van der Waals surface area contributed by atoms with Crippen molar-refractivity contribution in [1.29, 1.82) is 0 Å². The Morgan fingerprint density at radius 1 is 1.26 bits per heavy atom. The molecule has 2 fully saturated rings. The Kier molecular flexibility index (Phi) is 5.55. The predicted octanol–water partition coefficient (Wildman–Crippen LogP) is 4.42. The maximum atomic E-state index is 11.7. The van der Waals surface area contributed by atoms with E-state index < -0.39 is 6.09 Å². The van der Waals surface area contributed by atoms with E-state index in [2.05, 4.69) is 45.0 Å². The van der Waals surface area contributed by atoms with Crippen molar-refractivity contribution in [2.75, 3.05) is 6.54 Å². The van der Waals surface area contributed by atoms with Crippen LogP contribution in [0.4, 0.5) is 4.79 Å². The van der Waals surface area contributed by atoms with E-state index in [4.69, 9.17) is 14.3 Å². The van der Waals surface area contributed by atoms with Gasteiger partial charge in [-0.3, -0.25) is 4.98 Å². The topological polar surface area (TPSA) is 71.9 Å². The second-order valence-electron chi connectivity index (χ2n) is 10.6. The van der Waals surface area contributed by atoms with Crippen molar-refractivity contribution in [3.8, 4) is 0 Å². The molecule has 0 saturated carbocycles. The van der Waals surface area contributed by atoms with Crippen molar-refractivity contribution < 1.29 is 19.2 Å². The molecule has 166 valence electrons. The lowest BCUT2D eigenvalue weighted by molar-refractivity contribution is 0.0521. The average molecular weight is 424 g/mol. The highest BCUT2D eigenvalue weighted by atomic mass is 16.7. The van der Waals surface area contributed by atoms with Gasteiger partial charge >= 0.3 is 13.2 Å². The molecule has 3 atom stereocenters.